The van der Waals surface area contributed by atoms with E-state index in [1.165, 1.54) is 17.4 Å². The summed E-state index contributed by atoms with van der Waals surface area (Å²) in [5, 5.41) is 25.5. The largest absolute Gasteiger partial charge is 0.505 e. The van der Waals surface area contributed by atoms with Crippen molar-refractivity contribution in [2.24, 2.45) is 10.7 Å². The number of rotatable bonds is 7. The number of anilines is 1. The molecule has 0 saturated heterocycles. The molecule has 3 aromatic rings. The Labute approximate surface area is 213 Å². The predicted molar refractivity (Wildman–Crippen MR) is 145 cm³/mol. The molecular formula is C23H24F2N5O2PS2. The molecule has 0 aliphatic rings. The molecule has 0 radical (unpaired) electrons. The quantitative estimate of drug-likeness (QED) is 0.0521. The first kappa shape index (κ1) is 28.0. The Morgan fingerprint density at radius 2 is 1.91 bits per heavy atom. The number of thiol groups is 1. The molecule has 1 aromatic heterocycles. The van der Waals surface area contributed by atoms with Gasteiger partial charge in [-0.1, -0.05) is 6.07 Å². The molecule has 0 fully saturated rings. The molecular weight excluding hydrogens is 511 g/mol. The molecule has 1 atom stereocenters. The first-order chi connectivity index (χ1) is 16.7. The highest BCUT2D eigenvalue weighted by molar-refractivity contribution is 7.79. The van der Waals surface area contributed by atoms with Crippen molar-refractivity contribution in [2.45, 2.75) is 6.54 Å². The van der Waals surface area contributed by atoms with Crippen LogP contribution in [0.15, 0.2) is 69.5 Å². The first-order valence-corrected chi connectivity index (χ1v) is 12.3. The van der Waals surface area contributed by atoms with Crippen molar-refractivity contribution in [3.63, 3.8) is 0 Å². The Kier molecular flexibility index (Phi) is 10.4. The Balaban J connectivity index is 0.00000210. The third-order valence-corrected chi connectivity index (χ3v) is 5.64. The lowest BCUT2D eigenvalue weighted by molar-refractivity contribution is -0.117. The number of nitrogens with zero attached hydrogens (tertiary/aromatic N) is 1. The highest BCUT2D eigenvalue weighted by Crippen LogP contribution is 2.19. The van der Waals surface area contributed by atoms with Crippen molar-refractivity contribution >= 4 is 67.3 Å². The lowest BCUT2D eigenvalue weighted by atomic mass is 10.1. The van der Waals surface area contributed by atoms with Crippen LogP contribution >= 0.6 is 33.2 Å². The van der Waals surface area contributed by atoms with Gasteiger partial charge in [0, 0.05) is 23.2 Å². The van der Waals surface area contributed by atoms with Gasteiger partial charge in [-0.15, -0.1) is 9.24 Å². The van der Waals surface area contributed by atoms with Crippen LogP contribution in [0.2, 0.25) is 0 Å². The summed E-state index contributed by atoms with van der Waals surface area (Å²) < 4.78 is 26.6. The van der Waals surface area contributed by atoms with Crippen LogP contribution in [0.5, 0.6) is 0 Å². The maximum absolute atomic E-state index is 13.5. The van der Waals surface area contributed by atoms with Crippen LogP contribution in [-0.2, 0) is 11.3 Å². The van der Waals surface area contributed by atoms with Gasteiger partial charge in [0.2, 0.25) is 0 Å². The zero-order valence-corrected chi connectivity index (χ0v) is 21.4. The van der Waals surface area contributed by atoms with Crippen LogP contribution in [0.4, 0.5) is 20.2 Å². The number of benzene rings is 2. The van der Waals surface area contributed by atoms with Gasteiger partial charge in [-0.3, -0.25) is 10.2 Å². The fourth-order valence-electron chi connectivity index (χ4n) is 2.79. The van der Waals surface area contributed by atoms with E-state index in [1.807, 2.05) is 0 Å². The van der Waals surface area contributed by atoms with Crippen LogP contribution in [-0.4, -0.2) is 28.8 Å². The summed E-state index contributed by atoms with van der Waals surface area (Å²) in [5.74, 6) is -3.95. The Morgan fingerprint density at radius 3 is 2.51 bits per heavy atom. The molecule has 184 valence electrons. The summed E-state index contributed by atoms with van der Waals surface area (Å²) in [6, 6.07) is 9.61. The molecule has 0 aliphatic carbocycles. The second-order valence-electron chi connectivity index (χ2n) is 6.86. The number of aliphatic hydroxyl groups excluding tert-OH is 1. The van der Waals surface area contributed by atoms with Gasteiger partial charge in [0.15, 0.2) is 17.4 Å². The highest BCUT2D eigenvalue weighted by Gasteiger charge is 2.23. The second kappa shape index (κ2) is 13.0. The Morgan fingerprint density at radius 1 is 1.20 bits per heavy atom. The molecule has 7 nitrogen and oxygen atoms in total. The number of carbonyl (C=O) groups is 1. The average Bonchev–Trinajstić information content (AvgIpc) is 3.37. The summed E-state index contributed by atoms with van der Waals surface area (Å²) >= 11 is 4.84. The van der Waals surface area contributed by atoms with E-state index in [-0.39, 0.29) is 23.7 Å². The number of amidine groups is 1. The minimum atomic E-state index is -1.06. The lowest BCUT2D eigenvalue weighted by Gasteiger charge is -2.13. The van der Waals surface area contributed by atoms with Gasteiger partial charge in [-0.2, -0.15) is 24.0 Å². The third kappa shape index (κ3) is 7.35. The van der Waals surface area contributed by atoms with Crippen molar-refractivity contribution in [1.82, 2.24) is 5.32 Å². The minimum absolute atomic E-state index is 0.178. The van der Waals surface area contributed by atoms with Crippen LogP contribution in [0.1, 0.15) is 11.1 Å². The minimum Gasteiger partial charge on any atom is -0.505 e. The van der Waals surface area contributed by atoms with Gasteiger partial charge in [-0.25, -0.2) is 13.8 Å². The molecule has 3 rings (SSSR count). The van der Waals surface area contributed by atoms with Gasteiger partial charge >= 0.3 is 0 Å². The smallest absolute Gasteiger partial charge is 0.259 e. The summed E-state index contributed by atoms with van der Waals surface area (Å²) in [4.78, 5) is 17.2. The molecule has 0 aliphatic heterocycles. The standard InChI is InChI=1S/C22H20F2N5O2PS.CH4S/c23-14-3-1-11(7-15(14)24)9-28-22(31)18(20(30)19(26)12-5-6-33-10-12)21(27)29-16-4-2-13(25)8-17(16)32;1-2/h1-8,10,26,30H,9,25,32H2,(H2,27,29)(H,28,31);2H,1H3/b20-18+,26-19?;. The highest BCUT2D eigenvalue weighted by atomic mass is 32.1. The number of thiophene rings is 1. The van der Waals surface area contributed by atoms with Gasteiger partial charge in [0.1, 0.15) is 17.1 Å². The zero-order chi connectivity index (χ0) is 26.1. The number of allylic oxidation sites excluding steroid dienone is 1. The first-order valence-electron chi connectivity index (χ1n) is 9.88. The predicted octanol–water partition coefficient (Wildman–Crippen LogP) is 3.84. The molecule has 12 heteroatoms. The number of carbonyl (C=O) groups excluding carboxylic acids is 1. The molecule has 0 saturated carbocycles. The summed E-state index contributed by atoms with van der Waals surface area (Å²) in [5.41, 5.74) is 12.6. The lowest BCUT2D eigenvalue weighted by Crippen LogP contribution is -2.34. The van der Waals surface area contributed by atoms with Gasteiger partial charge in [-0.05, 0) is 58.9 Å². The number of hydrogen-bond acceptors (Lipinski definition) is 7. The SMILES string of the molecule is CS.N=C(/C(O)=C(\C(=O)NCc1ccc(F)c(F)c1)C(N)=Nc1ccc(N)cc1P)c1ccsc1. The topological polar surface area (TPSA) is 138 Å². The number of aliphatic imine (C=N–C) groups is 1. The molecule has 1 amide bonds. The number of nitrogens with one attached hydrogen (secondary N) is 2. The number of aliphatic hydroxyl groups is 1. The molecule has 0 bridgehead atoms. The van der Waals surface area contributed by atoms with E-state index in [0.29, 0.717) is 22.2 Å². The fourth-order valence-corrected chi connectivity index (χ4v) is 3.79. The zero-order valence-electron chi connectivity index (χ0n) is 18.5. The molecule has 1 unspecified atom stereocenters. The average molecular weight is 536 g/mol. The molecule has 7 N–H and O–H groups in total. The second-order valence-corrected chi connectivity index (χ2v) is 8.26. The summed E-state index contributed by atoms with van der Waals surface area (Å²) in [6.07, 6.45) is 1.69. The number of amides is 1. The van der Waals surface area contributed by atoms with E-state index in [9.17, 15) is 18.7 Å². The third-order valence-electron chi connectivity index (χ3n) is 4.50. The number of nitrogen functional groups attached to an aromatic ring is 1. The van der Waals surface area contributed by atoms with Crippen molar-refractivity contribution < 1.29 is 18.7 Å². The van der Waals surface area contributed by atoms with Crippen LogP contribution < -0.4 is 22.1 Å². The molecule has 1 heterocycles. The molecule has 35 heavy (non-hydrogen) atoms. The van der Waals surface area contributed by atoms with Gasteiger partial charge < -0.3 is 21.9 Å². The Bertz CT molecular complexity index is 1280. The van der Waals surface area contributed by atoms with Crippen molar-refractivity contribution in [2.75, 3.05) is 12.0 Å². The Hall–Kier alpha value is -3.27. The summed E-state index contributed by atoms with van der Waals surface area (Å²) in [7, 11) is 2.44. The van der Waals surface area contributed by atoms with E-state index in [0.717, 1.165) is 12.1 Å². The maximum atomic E-state index is 13.5. The van der Waals surface area contributed by atoms with Crippen molar-refractivity contribution in [3.8, 4) is 0 Å². The summed E-state index contributed by atoms with van der Waals surface area (Å²) in [6.45, 7) is -0.178. The fraction of sp³-hybridized carbons (Fsp3) is 0.0870. The van der Waals surface area contributed by atoms with Crippen LogP contribution in [0, 0.1) is 17.0 Å². The van der Waals surface area contributed by atoms with E-state index in [4.69, 9.17) is 16.9 Å². The number of halogens is 2. The van der Waals surface area contributed by atoms with Gasteiger partial charge in [0.05, 0.1) is 5.69 Å². The van der Waals surface area contributed by atoms with Crippen LogP contribution in [0.25, 0.3) is 0 Å². The van der Waals surface area contributed by atoms with Crippen molar-refractivity contribution in [3.05, 3.63) is 87.3 Å². The van der Waals surface area contributed by atoms with Gasteiger partial charge in [0.25, 0.3) is 5.91 Å². The molecule has 2 aromatic carbocycles. The van der Waals surface area contributed by atoms with Crippen LogP contribution in [0.3, 0.4) is 0 Å². The number of hydrogen-bond donors (Lipinski definition) is 6. The molecule has 0 spiro atoms. The van der Waals surface area contributed by atoms with E-state index in [2.05, 4.69) is 32.2 Å². The maximum Gasteiger partial charge on any atom is 0.259 e. The normalized spacial score (nSPS) is 11.7. The van der Waals surface area contributed by atoms with Crippen molar-refractivity contribution in [1.29, 1.82) is 5.41 Å². The van der Waals surface area contributed by atoms with E-state index in [1.54, 1.807) is 41.3 Å². The van der Waals surface area contributed by atoms with E-state index >= 15 is 0 Å². The number of nitrogens with two attached hydrogens (primary N) is 2. The monoisotopic (exact) mass is 535 g/mol. The van der Waals surface area contributed by atoms with E-state index < -0.39 is 28.9 Å².